The number of carbonyl (C=O) groups is 2. The standard InChI is InChI=1S/C53H99O13P/c1-3-5-7-9-11-13-15-17-19-20-21-22-23-24-25-26-28-29-31-33-35-37-39-41-46(54)63-43-45(44-64-67(61,62)66-53-51(59)49(57)48(56)50(58)52(53)60)65-47(55)42-40-38-36-34-32-30-27-18-16-14-12-10-8-6-4-2/h14,16,33,35,45,48-53,56-60H,3-13,15,17-32,34,36-44H2,1-2H3,(H,61,62)/b16-14+,35-33+/t45-,48?,49-,50?,51?,52?,53?/m0/s1. The summed E-state index contributed by atoms with van der Waals surface area (Å²) in [5, 5.41) is 50.3. The molecular weight excluding hydrogens is 876 g/mol. The highest BCUT2D eigenvalue weighted by Gasteiger charge is 2.51. The second-order valence-corrected chi connectivity index (χ2v) is 20.5. The Kier molecular flexibility index (Phi) is 40.8. The molecule has 0 amide bonds. The van der Waals surface area contributed by atoms with Crippen LogP contribution in [0.25, 0.3) is 0 Å². The monoisotopic (exact) mass is 975 g/mol. The van der Waals surface area contributed by atoms with Crippen molar-refractivity contribution in [1.29, 1.82) is 0 Å². The Morgan fingerprint density at radius 3 is 1.19 bits per heavy atom. The van der Waals surface area contributed by atoms with Crippen LogP contribution in [0.5, 0.6) is 0 Å². The Labute approximate surface area is 406 Å². The minimum absolute atomic E-state index is 0.0885. The summed E-state index contributed by atoms with van der Waals surface area (Å²) in [6.45, 7) is 3.30. The number of allylic oxidation sites excluding steroid dienone is 4. The summed E-state index contributed by atoms with van der Waals surface area (Å²) in [5.74, 6) is -1.13. The molecule has 0 saturated heterocycles. The topological polar surface area (TPSA) is 210 Å². The van der Waals surface area contributed by atoms with E-state index in [4.69, 9.17) is 18.5 Å². The molecule has 0 bridgehead atoms. The fraction of sp³-hybridized carbons (Fsp3) is 0.887. The van der Waals surface area contributed by atoms with Gasteiger partial charge >= 0.3 is 19.8 Å². The van der Waals surface area contributed by atoms with Crippen LogP contribution in [0.15, 0.2) is 24.3 Å². The van der Waals surface area contributed by atoms with Gasteiger partial charge in [-0.25, -0.2) is 4.57 Å². The van der Waals surface area contributed by atoms with Crippen molar-refractivity contribution in [2.24, 2.45) is 0 Å². The SMILES string of the molecule is CCCCCC/C=C/CCCCCCCCCC(=O)O[C@@H](COC(=O)CCC/C=C/CCCCCCCCCCCCCCCCCCCC)COP(=O)(O)OC1C(O)C(O)C(O)[C@H](O)C1O. The number of rotatable bonds is 46. The van der Waals surface area contributed by atoms with Crippen LogP contribution in [-0.4, -0.2) is 98.3 Å². The fourth-order valence-electron chi connectivity index (χ4n) is 8.41. The van der Waals surface area contributed by atoms with E-state index in [1.807, 2.05) is 0 Å². The number of aliphatic hydroxyl groups excluding tert-OH is 5. The van der Waals surface area contributed by atoms with Gasteiger partial charge in [-0.15, -0.1) is 0 Å². The van der Waals surface area contributed by atoms with Crippen LogP contribution in [-0.2, 0) is 32.7 Å². The minimum atomic E-state index is -5.13. The predicted molar refractivity (Wildman–Crippen MR) is 267 cm³/mol. The quantitative estimate of drug-likeness (QED) is 0.0145. The zero-order valence-electron chi connectivity index (χ0n) is 42.2. The van der Waals surface area contributed by atoms with E-state index in [-0.39, 0.29) is 12.8 Å². The smallest absolute Gasteiger partial charge is 0.462 e. The summed E-state index contributed by atoms with van der Waals surface area (Å²) in [5.41, 5.74) is 0. The lowest BCUT2D eigenvalue weighted by atomic mass is 9.85. The maximum Gasteiger partial charge on any atom is 0.472 e. The normalized spacial score (nSPS) is 21.3. The third-order valence-corrected chi connectivity index (χ3v) is 13.8. The van der Waals surface area contributed by atoms with E-state index in [0.29, 0.717) is 19.3 Å². The van der Waals surface area contributed by atoms with Crippen LogP contribution in [0.2, 0.25) is 0 Å². The van der Waals surface area contributed by atoms with Crippen molar-refractivity contribution in [3.05, 3.63) is 24.3 Å². The fourth-order valence-corrected chi connectivity index (χ4v) is 9.38. The van der Waals surface area contributed by atoms with Gasteiger partial charge in [0.15, 0.2) is 6.10 Å². The van der Waals surface area contributed by atoms with Gasteiger partial charge < -0.3 is 39.9 Å². The molecule has 0 aromatic heterocycles. The second kappa shape index (κ2) is 43.1. The number of carbonyl (C=O) groups excluding carboxylic acids is 2. The molecule has 13 nitrogen and oxygen atoms in total. The average Bonchev–Trinajstić information content (AvgIpc) is 3.31. The summed E-state index contributed by atoms with van der Waals surface area (Å²) in [6.07, 6.45) is 36.7. The van der Waals surface area contributed by atoms with Crippen LogP contribution in [0, 0.1) is 0 Å². The van der Waals surface area contributed by atoms with E-state index in [1.165, 1.54) is 148 Å². The van der Waals surface area contributed by atoms with Crippen molar-refractivity contribution in [3.63, 3.8) is 0 Å². The molecule has 0 aliphatic heterocycles. The Morgan fingerprint density at radius 2 is 0.776 bits per heavy atom. The summed E-state index contributed by atoms with van der Waals surface area (Å²) >= 11 is 0. The zero-order valence-corrected chi connectivity index (χ0v) is 43.1. The number of phosphoric acid groups is 1. The van der Waals surface area contributed by atoms with Crippen LogP contribution < -0.4 is 0 Å². The van der Waals surface area contributed by atoms with Crippen LogP contribution in [0.1, 0.15) is 245 Å². The van der Waals surface area contributed by atoms with Crippen molar-refractivity contribution in [1.82, 2.24) is 0 Å². The number of hydrogen-bond acceptors (Lipinski definition) is 12. The van der Waals surface area contributed by atoms with E-state index in [1.54, 1.807) is 0 Å². The number of esters is 2. The molecule has 394 valence electrons. The number of phosphoric ester groups is 1. The van der Waals surface area contributed by atoms with E-state index in [2.05, 4.69) is 38.2 Å². The second-order valence-electron chi connectivity index (χ2n) is 19.1. The summed E-state index contributed by atoms with van der Waals surface area (Å²) in [7, 11) is -5.13. The molecule has 0 aromatic rings. The molecule has 0 aromatic carbocycles. The first-order valence-corrected chi connectivity index (χ1v) is 28.6. The highest BCUT2D eigenvalue weighted by molar-refractivity contribution is 7.47. The Hall–Kier alpha value is -1.67. The Bertz CT molecular complexity index is 1270. The lowest BCUT2D eigenvalue weighted by Gasteiger charge is -2.41. The first-order valence-electron chi connectivity index (χ1n) is 27.1. The lowest BCUT2D eigenvalue weighted by molar-refractivity contribution is -0.220. The van der Waals surface area contributed by atoms with Gasteiger partial charge in [0.1, 0.15) is 43.2 Å². The molecule has 0 radical (unpaired) electrons. The van der Waals surface area contributed by atoms with Gasteiger partial charge in [-0.2, -0.15) is 0 Å². The lowest BCUT2D eigenvalue weighted by Crippen LogP contribution is -2.64. The van der Waals surface area contributed by atoms with Gasteiger partial charge in [0, 0.05) is 12.8 Å². The van der Waals surface area contributed by atoms with Crippen molar-refractivity contribution >= 4 is 19.8 Å². The largest absolute Gasteiger partial charge is 0.472 e. The van der Waals surface area contributed by atoms with Gasteiger partial charge in [0.25, 0.3) is 0 Å². The van der Waals surface area contributed by atoms with Crippen LogP contribution >= 0.6 is 7.82 Å². The molecule has 8 atom stereocenters. The summed E-state index contributed by atoms with van der Waals surface area (Å²) < 4.78 is 33.6. The Morgan fingerprint density at radius 1 is 0.448 bits per heavy atom. The van der Waals surface area contributed by atoms with Gasteiger partial charge in [-0.05, 0) is 57.8 Å². The molecule has 0 heterocycles. The average molecular weight is 975 g/mol. The highest BCUT2D eigenvalue weighted by atomic mass is 31.2. The molecule has 1 aliphatic rings. The first kappa shape index (κ1) is 63.3. The van der Waals surface area contributed by atoms with Crippen molar-refractivity contribution in [2.75, 3.05) is 13.2 Å². The van der Waals surface area contributed by atoms with Crippen LogP contribution in [0.3, 0.4) is 0 Å². The summed E-state index contributed by atoms with van der Waals surface area (Å²) in [4.78, 5) is 35.8. The zero-order chi connectivity index (χ0) is 49.2. The predicted octanol–water partition coefficient (Wildman–Crippen LogP) is 12.0. The Balaban J connectivity index is 2.35. The molecule has 1 aliphatic carbocycles. The molecule has 67 heavy (non-hydrogen) atoms. The third-order valence-electron chi connectivity index (χ3n) is 12.8. The van der Waals surface area contributed by atoms with Gasteiger partial charge in [0.2, 0.25) is 0 Å². The molecule has 6 N–H and O–H groups in total. The molecule has 0 spiro atoms. The van der Waals surface area contributed by atoms with Crippen LogP contribution in [0.4, 0.5) is 0 Å². The maximum absolute atomic E-state index is 12.9. The number of ether oxygens (including phenoxy) is 2. The number of hydrogen-bond donors (Lipinski definition) is 6. The van der Waals surface area contributed by atoms with Crippen molar-refractivity contribution < 1.29 is 63.1 Å². The third kappa shape index (κ3) is 35.1. The van der Waals surface area contributed by atoms with Crippen molar-refractivity contribution in [3.8, 4) is 0 Å². The minimum Gasteiger partial charge on any atom is -0.462 e. The molecular formula is C53H99O13P. The van der Waals surface area contributed by atoms with E-state index < -0.39 is 75.7 Å². The first-order chi connectivity index (χ1) is 32.4. The van der Waals surface area contributed by atoms with E-state index in [0.717, 1.165) is 51.4 Å². The summed E-state index contributed by atoms with van der Waals surface area (Å²) in [6, 6.07) is 0. The van der Waals surface area contributed by atoms with Crippen molar-refractivity contribution in [2.45, 2.75) is 288 Å². The maximum atomic E-state index is 12.9. The highest BCUT2D eigenvalue weighted by Crippen LogP contribution is 2.47. The molecule has 6 unspecified atom stereocenters. The van der Waals surface area contributed by atoms with Gasteiger partial charge in [-0.3, -0.25) is 18.6 Å². The molecule has 14 heteroatoms. The molecule has 1 fully saturated rings. The molecule has 1 saturated carbocycles. The number of unbranched alkanes of at least 4 members (excludes halogenated alkanes) is 30. The van der Waals surface area contributed by atoms with Gasteiger partial charge in [0.05, 0.1) is 6.61 Å². The van der Waals surface area contributed by atoms with Gasteiger partial charge in [-0.1, -0.05) is 199 Å². The number of aliphatic hydroxyl groups is 5. The molecule has 1 rings (SSSR count). The van der Waals surface area contributed by atoms with E-state index >= 15 is 0 Å². The van der Waals surface area contributed by atoms with E-state index in [9.17, 15) is 44.6 Å².